The second kappa shape index (κ2) is 4.98. The van der Waals surface area contributed by atoms with Crippen LogP contribution in [0.5, 0.6) is 5.88 Å². The molecular formula is C11H17N3O. The molecule has 0 saturated carbocycles. The van der Waals surface area contributed by atoms with E-state index in [0.717, 1.165) is 19.7 Å². The van der Waals surface area contributed by atoms with Gasteiger partial charge in [-0.3, -0.25) is 0 Å². The third kappa shape index (κ3) is 2.83. The van der Waals surface area contributed by atoms with E-state index in [1.165, 1.54) is 12.8 Å². The van der Waals surface area contributed by atoms with Gasteiger partial charge in [-0.25, -0.2) is 4.98 Å². The number of rotatable bonds is 3. The summed E-state index contributed by atoms with van der Waals surface area (Å²) in [7, 11) is 0. The molecule has 1 aromatic heterocycles. The SMILES string of the molecule is Nc1cccnc1OCC1CCNCC1. The zero-order valence-corrected chi connectivity index (χ0v) is 8.78. The first-order valence-electron chi connectivity index (χ1n) is 5.40. The largest absolute Gasteiger partial charge is 0.476 e. The second-order valence-corrected chi connectivity index (χ2v) is 3.90. The Kier molecular flexibility index (Phi) is 3.40. The molecule has 3 N–H and O–H groups in total. The molecule has 0 unspecified atom stereocenters. The lowest BCUT2D eigenvalue weighted by molar-refractivity contribution is 0.210. The molecular weight excluding hydrogens is 190 g/mol. The summed E-state index contributed by atoms with van der Waals surface area (Å²) in [6.07, 6.45) is 4.05. The standard InChI is InChI=1S/C11H17N3O/c12-10-2-1-5-14-11(10)15-8-9-3-6-13-7-4-9/h1-2,5,9,13H,3-4,6-8,12H2. The number of hydrogen-bond acceptors (Lipinski definition) is 4. The first-order chi connectivity index (χ1) is 7.36. The highest BCUT2D eigenvalue weighted by Gasteiger charge is 2.14. The second-order valence-electron chi connectivity index (χ2n) is 3.90. The Morgan fingerprint density at radius 1 is 1.47 bits per heavy atom. The minimum Gasteiger partial charge on any atom is -0.476 e. The van der Waals surface area contributed by atoms with E-state index in [2.05, 4.69) is 10.3 Å². The van der Waals surface area contributed by atoms with Gasteiger partial charge >= 0.3 is 0 Å². The summed E-state index contributed by atoms with van der Waals surface area (Å²) in [5, 5.41) is 3.33. The van der Waals surface area contributed by atoms with Crippen molar-refractivity contribution in [2.75, 3.05) is 25.4 Å². The Labute approximate surface area is 89.8 Å². The van der Waals surface area contributed by atoms with Crippen LogP contribution in [0.25, 0.3) is 0 Å². The van der Waals surface area contributed by atoms with E-state index in [-0.39, 0.29) is 0 Å². The molecule has 4 heteroatoms. The van der Waals surface area contributed by atoms with Crippen molar-refractivity contribution in [1.82, 2.24) is 10.3 Å². The number of nitrogens with zero attached hydrogens (tertiary/aromatic N) is 1. The summed E-state index contributed by atoms with van der Waals surface area (Å²) in [5.74, 6) is 1.20. The Morgan fingerprint density at radius 2 is 2.27 bits per heavy atom. The maximum atomic E-state index is 5.74. The lowest BCUT2D eigenvalue weighted by Crippen LogP contribution is -2.30. The summed E-state index contributed by atoms with van der Waals surface area (Å²) < 4.78 is 5.61. The summed E-state index contributed by atoms with van der Waals surface area (Å²) in [4.78, 5) is 4.10. The van der Waals surface area contributed by atoms with E-state index in [1.54, 1.807) is 6.20 Å². The van der Waals surface area contributed by atoms with Crippen LogP contribution in [0.2, 0.25) is 0 Å². The predicted molar refractivity (Wildman–Crippen MR) is 59.7 cm³/mol. The van der Waals surface area contributed by atoms with Gasteiger partial charge in [-0.1, -0.05) is 0 Å². The van der Waals surface area contributed by atoms with Gasteiger partial charge < -0.3 is 15.8 Å². The fourth-order valence-electron chi connectivity index (χ4n) is 1.77. The number of nitrogens with one attached hydrogen (secondary N) is 1. The number of nitrogens with two attached hydrogens (primary N) is 1. The van der Waals surface area contributed by atoms with Crippen LogP contribution < -0.4 is 15.8 Å². The van der Waals surface area contributed by atoms with Gasteiger partial charge in [-0.05, 0) is 44.0 Å². The van der Waals surface area contributed by atoms with Gasteiger partial charge in [-0.2, -0.15) is 0 Å². The van der Waals surface area contributed by atoms with Gasteiger partial charge in [0.2, 0.25) is 5.88 Å². The third-order valence-electron chi connectivity index (χ3n) is 2.72. The van der Waals surface area contributed by atoms with Crippen LogP contribution in [-0.4, -0.2) is 24.7 Å². The Morgan fingerprint density at radius 3 is 3.00 bits per heavy atom. The molecule has 1 fully saturated rings. The molecule has 4 nitrogen and oxygen atoms in total. The lowest BCUT2D eigenvalue weighted by Gasteiger charge is -2.22. The van der Waals surface area contributed by atoms with Crippen LogP contribution >= 0.6 is 0 Å². The van der Waals surface area contributed by atoms with Gasteiger partial charge in [0.15, 0.2) is 0 Å². The van der Waals surface area contributed by atoms with E-state index in [4.69, 9.17) is 10.5 Å². The molecule has 15 heavy (non-hydrogen) atoms. The number of pyridine rings is 1. The van der Waals surface area contributed by atoms with Crippen molar-refractivity contribution in [3.8, 4) is 5.88 Å². The minimum atomic E-state index is 0.566. The molecule has 2 rings (SSSR count). The summed E-state index contributed by atoms with van der Waals surface area (Å²) >= 11 is 0. The maximum absolute atomic E-state index is 5.74. The smallest absolute Gasteiger partial charge is 0.237 e. The molecule has 0 aliphatic carbocycles. The molecule has 0 radical (unpaired) electrons. The van der Waals surface area contributed by atoms with Crippen molar-refractivity contribution in [3.05, 3.63) is 18.3 Å². The molecule has 82 valence electrons. The quantitative estimate of drug-likeness (QED) is 0.777. The fourth-order valence-corrected chi connectivity index (χ4v) is 1.77. The minimum absolute atomic E-state index is 0.566. The van der Waals surface area contributed by atoms with E-state index in [1.807, 2.05) is 12.1 Å². The zero-order chi connectivity index (χ0) is 10.5. The highest BCUT2D eigenvalue weighted by atomic mass is 16.5. The van der Waals surface area contributed by atoms with Crippen LogP contribution in [-0.2, 0) is 0 Å². The van der Waals surface area contributed by atoms with Gasteiger partial charge in [0.1, 0.15) is 0 Å². The zero-order valence-electron chi connectivity index (χ0n) is 8.78. The Bertz CT molecular complexity index is 310. The van der Waals surface area contributed by atoms with E-state index in [9.17, 15) is 0 Å². The average molecular weight is 207 g/mol. The molecule has 1 aliphatic heterocycles. The van der Waals surface area contributed by atoms with Crippen molar-refractivity contribution < 1.29 is 4.74 Å². The van der Waals surface area contributed by atoms with Gasteiger partial charge in [-0.15, -0.1) is 0 Å². The van der Waals surface area contributed by atoms with Crippen molar-refractivity contribution in [2.24, 2.45) is 5.92 Å². The Balaban J connectivity index is 1.84. The third-order valence-corrected chi connectivity index (χ3v) is 2.72. The van der Waals surface area contributed by atoms with Crippen molar-refractivity contribution in [3.63, 3.8) is 0 Å². The number of anilines is 1. The first kappa shape index (κ1) is 10.2. The van der Waals surface area contributed by atoms with Crippen LogP contribution in [0.4, 0.5) is 5.69 Å². The molecule has 0 amide bonds. The van der Waals surface area contributed by atoms with Crippen molar-refractivity contribution in [1.29, 1.82) is 0 Å². The van der Waals surface area contributed by atoms with Gasteiger partial charge in [0, 0.05) is 6.20 Å². The molecule has 0 atom stereocenters. The maximum Gasteiger partial charge on any atom is 0.237 e. The number of piperidine rings is 1. The van der Waals surface area contributed by atoms with Crippen molar-refractivity contribution >= 4 is 5.69 Å². The predicted octanol–water partition coefficient (Wildman–Crippen LogP) is 1.04. The van der Waals surface area contributed by atoms with Crippen LogP contribution in [0, 0.1) is 5.92 Å². The van der Waals surface area contributed by atoms with E-state index in [0.29, 0.717) is 17.5 Å². The van der Waals surface area contributed by atoms with Gasteiger partial charge in [0.25, 0.3) is 0 Å². The van der Waals surface area contributed by atoms with E-state index >= 15 is 0 Å². The molecule has 0 bridgehead atoms. The molecule has 0 aromatic carbocycles. The highest BCUT2D eigenvalue weighted by Crippen LogP contribution is 2.19. The fraction of sp³-hybridized carbons (Fsp3) is 0.545. The average Bonchev–Trinajstić information content (AvgIpc) is 2.29. The van der Waals surface area contributed by atoms with Gasteiger partial charge in [0.05, 0.1) is 12.3 Å². The normalized spacial score (nSPS) is 17.6. The highest BCUT2D eigenvalue weighted by molar-refractivity contribution is 5.46. The summed E-state index contributed by atoms with van der Waals surface area (Å²) in [5.41, 5.74) is 6.35. The number of ether oxygens (including phenoxy) is 1. The number of aromatic nitrogens is 1. The van der Waals surface area contributed by atoms with Crippen LogP contribution in [0.15, 0.2) is 18.3 Å². The number of nitrogen functional groups attached to an aromatic ring is 1. The summed E-state index contributed by atoms with van der Waals surface area (Å²) in [6, 6.07) is 3.62. The molecule has 1 saturated heterocycles. The molecule has 1 aromatic rings. The molecule has 1 aliphatic rings. The van der Waals surface area contributed by atoms with Crippen molar-refractivity contribution in [2.45, 2.75) is 12.8 Å². The monoisotopic (exact) mass is 207 g/mol. The molecule has 0 spiro atoms. The lowest BCUT2D eigenvalue weighted by atomic mass is 9.99. The van der Waals surface area contributed by atoms with E-state index < -0.39 is 0 Å². The van der Waals surface area contributed by atoms with Crippen LogP contribution in [0.1, 0.15) is 12.8 Å². The number of hydrogen-bond donors (Lipinski definition) is 2. The first-order valence-corrected chi connectivity index (χ1v) is 5.40. The summed E-state index contributed by atoms with van der Waals surface area (Å²) in [6.45, 7) is 2.90. The van der Waals surface area contributed by atoms with Crippen LogP contribution in [0.3, 0.4) is 0 Å². The Hall–Kier alpha value is -1.29. The topological polar surface area (TPSA) is 60.2 Å². The molecule has 2 heterocycles.